The van der Waals surface area contributed by atoms with Crippen molar-refractivity contribution in [3.63, 3.8) is 0 Å². The van der Waals surface area contributed by atoms with Crippen molar-refractivity contribution in [2.75, 3.05) is 6.54 Å². The molecule has 62 valence electrons. The fourth-order valence-electron chi connectivity index (χ4n) is 0.968. The molecule has 1 heterocycles. The lowest BCUT2D eigenvalue weighted by Gasteiger charge is -2.08. The van der Waals surface area contributed by atoms with Gasteiger partial charge in [-0.05, 0) is 25.6 Å². The minimum absolute atomic E-state index is 0.428. The largest absolute Gasteiger partial charge is 0.310 e. The van der Waals surface area contributed by atoms with Crippen LogP contribution in [0.4, 0.5) is 0 Å². The van der Waals surface area contributed by atoms with Crippen molar-refractivity contribution in [3.8, 4) is 0 Å². The second-order valence-corrected chi connectivity index (χ2v) is 4.17. The van der Waals surface area contributed by atoms with Crippen LogP contribution in [0.25, 0.3) is 0 Å². The Morgan fingerprint density at radius 3 is 2.82 bits per heavy atom. The third kappa shape index (κ3) is 2.47. The Morgan fingerprint density at radius 2 is 2.36 bits per heavy atom. The van der Waals surface area contributed by atoms with E-state index in [9.17, 15) is 0 Å². The quantitative estimate of drug-likeness (QED) is 0.771. The highest BCUT2D eigenvalue weighted by Crippen LogP contribution is 2.26. The predicted octanol–water partition coefficient (Wildman–Crippen LogP) is 3.07. The third-order valence-corrected chi connectivity index (χ3v) is 2.94. The van der Waals surface area contributed by atoms with Crippen LogP contribution in [0, 0.1) is 0 Å². The maximum absolute atomic E-state index is 5.80. The van der Waals surface area contributed by atoms with Crippen molar-refractivity contribution >= 4 is 22.9 Å². The molecule has 0 fully saturated rings. The molecule has 1 N–H and O–H groups in total. The van der Waals surface area contributed by atoms with Gasteiger partial charge in [0.2, 0.25) is 0 Å². The molecule has 0 saturated heterocycles. The summed E-state index contributed by atoms with van der Waals surface area (Å²) in [6.07, 6.45) is 0. The van der Waals surface area contributed by atoms with Crippen molar-refractivity contribution in [1.29, 1.82) is 0 Å². The molecule has 0 bridgehead atoms. The Bertz CT molecular complexity index is 222. The van der Waals surface area contributed by atoms with Gasteiger partial charge in [0.05, 0.1) is 4.34 Å². The molecule has 1 aromatic heterocycles. The first-order valence-corrected chi connectivity index (χ1v) is 4.92. The molecular weight excluding hydrogens is 178 g/mol. The first-order chi connectivity index (χ1) is 5.24. The summed E-state index contributed by atoms with van der Waals surface area (Å²) in [6.45, 7) is 5.24. The maximum Gasteiger partial charge on any atom is 0.0931 e. The second kappa shape index (κ2) is 4.10. The highest BCUT2D eigenvalue weighted by Gasteiger charge is 2.05. The van der Waals surface area contributed by atoms with Crippen molar-refractivity contribution < 1.29 is 0 Å². The molecule has 11 heavy (non-hydrogen) atoms. The van der Waals surface area contributed by atoms with Gasteiger partial charge < -0.3 is 5.32 Å². The van der Waals surface area contributed by atoms with Crippen LogP contribution in [0.5, 0.6) is 0 Å². The number of rotatable bonds is 3. The number of hydrogen-bond acceptors (Lipinski definition) is 2. The van der Waals surface area contributed by atoms with Crippen LogP contribution < -0.4 is 5.32 Å². The zero-order valence-electron chi connectivity index (χ0n) is 6.73. The lowest BCUT2D eigenvalue weighted by Crippen LogP contribution is -2.16. The minimum atomic E-state index is 0.428. The minimum Gasteiger partial charge on any atom is -0.310 e. The summed E-state index contributed by atoms with van der Waals surface area (Å²) in [4.78, 5) is 1.30. The molecule has 3 heteroatoms. The van der Waals surface area contributed by atoms with E-state index in [-0.39, 0.29) is 0 Å². The summed E-state index contributed by atoms with van der Waals surface area (Å²) in [7, 11) is 0. The summed E-state index contributed by atoms with van der Waals surface area (Å²) in [6, 6.07) is 4.44. The molecule has 0 aliphatic heterocycles. The van der Waals surface area contributed by atoms with E-state index in [4.69, 9.17) is 11.6 Å². The average molecular weight is 190 g/mol. The number of nitrogens with one attached hydrogen (secondary N) is 1. The molecular formula is C8H12ClNS. The predicted molar refractivity (Wildman–Crippen MR) is 51.4 cm³/mol. The molecule has 0 aliphatic carbocycles. The summed E-state index contributed by atoms with van der Waals surface area (Å²) in [5.74, 6) is 0. The summed E-state index contributed by atoms with van der Waals surface area (Å²) in [5, 5.41) is 3.33. The van der Waals surface area contributed by atoms with Gasteiger partial charge in [-0.15, -0.1) is 11.3 Å². The van der Waals surface area contributed by atoms with Gasteiger partial charge in [0.15, 0.2) is 0 Å². The van der Waals surface area contributed by atoms with Crippen LogP contribution in [0.2, 0.25) is 4.34 Å². The Morgan fingerprint density at radius 1 is 1.64 bits per heavy atom. The first-order valence-electron chi connectivity index (χ1n) is 3.72. The number of halogens is 1. The zero-order valence-corrected chi connectivity index (χ0v) is 8.30. The van der Waals surface area contributed by atoms with Crippen molar-refractivity contribution in [2.45, 2.75) is 19.9 Å². The molecule has 0 spiro atoms. The summed E-state index contributed by atoms with van der Waals surface area (Å²) in [5.41, 5.74) is 0. The van der Waals surface area contributed by atoms with Crippen LogP contribution in [0.15, 0.2) is 12.1 Å². The van der Waals surface area contributed by atoms with Gasteiger partial charge in [-0.1, -0.05) is 18.5 Å². The highest BCUT2D eigenvalue weighted by atomic mass is 35.5. The molecule has 1 aromatic rings. The van der Waals surface area contributed by atoms with Crippen molar-refractivity contribution in [2.24, 2.45) is 0 Å². The molecule has 0 saturated carbocycles. The fourth-order valence-corrected chi connectivity index (χ4v) is 2.06. The topological polar surface area (TPSA) is 12.0 Å². The Hall–Kier alpha value is -0.0500. The van der Waals surface area contributed by atoms with Crippen LogP contribution in [-0.4, -0.2) is 6.54 Å². The Labute approximate surface area is 76.4 Å². The highest BCUT2D eigenvalue weighted by molar-refractivity contribution is 7.16. The van der Waals surface area contributed by atoms with Crippen molar-refractivity contribution in [1.82, 2.24) is 5.32 Å². The van der Waals surface area contributed by atoms with Gasteiger partial charge in [0, 0.05) is 10.9 Å². The van der Waals surface area contributed by atoms with E-state index < -0.39 is 0 Å². The second-order valence-electron chi connectivity index (χ2n) is 2.42. The molecule has 0 aliphatic rings. The normalized spacial score (nSPS) is 13.4. The third-order valence-electron chi connectivity index (χ3n) is 1.53. The molecule has 0 amide bonds. The molecule has 1 nitrogen and oxygen atoms in total. The van der Waals surface area contributed by atoms with E-state index in [1.54, 1.807) is 11.3 Å². The fraction of sp³-hybridized carbons (Fsp3) is 0.500. The monoisotopic (exact) mass is 189 g/mol. The first kappa shape index (κ1) is 9.04. The Kier molecular flexibility index (Phi) is 3.37. The average Bonchev–Trinajstić information content (AvgIpc) is 2.36. The van der Waals surface area contributed by atoms with Gasteiger partial charge in [-0.3, -0.25) is 0 Å². The van der Waals surface area contributed by atoms with Crippen LogP contribution >= 0.6 is 22.9 Å². The van der Waals surface area contributed by atoms with Gasteiger partial charge in [0.25, 0.3) is 0 Å². The van der Waals surface area contributed by atoms with E-state index in [0.717, 1.165) is 10.9 Å². The van der Waals surface area contributed by atoms with E-state index in [2.05, 4.69) is 25.2 Å². The molecule has 0 unspecified atom stereocenters. The van der Waals surface area contributed by atoms with E-state index in [1.807, 2.05) is 6.07 Å². The smallest absolute Gasteiger partial charge is 0.0931 e. The Balaban J connectivity index is 2.60. The molecule has 1 atom stereocenters. The van der Waals surface area contributed by atoms with Crippen LogP contribution in [0.3, 0.4) is 0 Å². The standard InChI is InChI=1S/C8H12ClNS/c1-3-10-6(2)7-4-5-8(9)11-7/h4-6,10H,3H2,1-2H3/t6-/m1/s1. The van der Waals surface area contributed by atoms with Gasteiger partial charge >= 0.3 is 0 Å². The zero-order chi connectivity index (χ0) is 8.27. The van der Waals surface area contributed by atoms with Gasteiger partial charge in [-0.2, -0.15) is 0 Å². The lowest BCUT2D eigenvalue weighted by molar-refractivity contribution is 0.607. The lowest BCUT2D eigenvalue weighted by atomic mass is 10.3. The molecule has 0 radical (unpaired) electrons. The van der Waals surface area contributed by atoms with E-state index in [0.29, 0.717) is 6.04 Å². The van der Waals surface area contributed by atoms with Crippen LogP contribution in [0.1, 0.15) is 24.8 Å². The molecule has 0 aromatic carbocycles. The van der Waals surface area contributed by atoms with E-state index in [1.165, 1.54) is 4.88 Å². The van der Waals surface area contributed by atoms with Gasteiger partial charge in [0.1, 0.15) is 0 Å². The van der Waals surface area contributed by atoms with Crippen LogP contribution in [-0.2, 0) is 0 Å². The SMILES string of the molecule is CCN[C@H](C)c1ccc(Cl)s1. The van der Waals surface area contributed by atoms with Gasteiger partial charge in [-0.25, -0.2) is 0 Å². The number of thiophene rings is 1. The van der Waals surface area contributed by atoms with E-state index >= 15 is 0 Å². The number of hydrogen-bond donors (Lipinski definition) is 1. The summed E-state index contributed by atoms with van der Waals surface area (Å²) < 4.78 is 0.866. The molecule has 1 rings (SSSR count). The summed E-state index contributed by atoms with van der Waals surface area (Å²) >= 11 is 7.43. The van der Waals surface area contributed by atoms with Crippen molar-refractivity contribution in [3.05, 3.63) is 21.3 Å². The maximum atomic E-state index is 5.80.